The SMILES string of the molecule is CC(O)C(N)C(=O)NC(CCCCN)C(=O)NC(Cc1ccccc1)C(=O)NC(CC(=O)O)C(=O)O. The van der Waals surface area contributed by atoms with E-state index >= 15 is 0 Å². The van der Waals surface area contributed by atoms with E-state index in [1.165, 1.54) is 6.92 Å². The van der Waals surface area contributed by atoms with Crippen LogP contribution in [-0.2, 0) is 30.4 Å². The van der Waals surface area contributed by atoms with E-state index in [0.717, 1.165) is 0 Å². The van der Waals surface area contributed by atoms with Crippen molar-refractivity contribution in [2.24, 2.45) is 11.5 Å². The first-order valence-electron chi connectivity index (χ1n) is 11.5. The lowest BCUT2D eigenvalue weighted by molar-refractivity contribution is -0.147. The molecule has 1 aromatic carbocycles. The Bertz CT molecular complexity index is 896. The summed E-state index contributed by atoms with van der Waals surface area (Å²) in [6.45, 7) is 1.68. The van der Waals surface area contributed by atoms with Crippen molar-refractivity contribution in [2.75, 3.05) is 6.54 Å². The van der Waals surface area contributed by atoms with E-state index in [4.69, 9.17) is 16.6 Å². The van der Waals surface area contributed by atoms with Crippen LogP contribution in [0, 0.1) is 0 Å². The number of carbonyl (C=O) groups is 5. The van der Waals surface area contributed by atoms with Crippen molar-refractivity contribution in [1.29, 1.82) is 0 Å². The predicted molar refractivity (Wildman–Crippen MR) is 128 cm³/mol. The smallest absolute Gasteiger partial charge is 0.326 e. The lowest BCUT2D eigenvalue weighted by Gasteiger charge is -2.25. The van der Waals surface area contributed by atoms with E-state index in [1.54, 1.807) is 30.3 Å². The molecule has 200 valence electrons. The number of hydrogen-bond acceptors (Lipinski definition) is 8. The van der Waals surface area contributed by atoms with Crippen molar-refractivity contribution in [3.63, 3.8) is 0 Å². The molecule has 36 heavy (non-hydrogen) atoms. The van der Waals surface area contributed by atoms with E-state index in [9.17, 15) is 34.2 Å². The summed E-state index contributed by atoms with van der Waals surface area (Å²) in [5.41, 5.74) is 11.8. The molecule has 0 heterocycles. The van der Waals surface area contributed by atoms with Crippen LogP contribution in [0.15, 0.2) is 30.3 Å². The molecule has 0 bridgehead atoms. The van der Waals surface area contributed by atoms with Crippen molar-refractivity contribution in [3.8, 4) is 0 Å². The van der Waals surface area contributed by atoms with Crippen LogP contribution in [0.3, 0.4) is 0 Å². The number of nitrogens with two attached hydrogens (primary N) is 2. The third-order valence-electron chi connectivity index (χ3n) is 5.31. The van der Waals surface area contributed by atoms with Gasteiger partial charge in [-0.05, 0) is 38.3 Å². The van der Waals surface area contributed by atoms with Gasteiger partial charge in [-0.3, -0.25) is 19.2 Å². The molecule has 13 heteroatoms. The number of unbranched alkanes of at least 4 members (excludes halogenated alkanes) is 1. The summed E-state index contributed by atoms with van der Waals surface area (Å²) in [7, 11) is 0. The van der Waals surface area contributed by atoms with Gasteiger partial charge in [-0.15, -0.1) is 0 Å². The molecule has 0 spiro atoms. The molecule has 0 aliphatic rings. The first kappa shape index (κ1) is 30.5. The zero-order chi connectivity index (χ0) is 27.3. The van der Waals surface area contributed by atoms with Crippen LogP contribution in [0.5, 0.6) is 0 Å². The lowest BCUT2D eigenvalue weighted by Crippen LogP contribution is -2.58. The van der Waals surface area contributed by atoms with Crippen LogP contribution < -0.4 is 27.4 Å². The number of rotatable bonds is 16. The quantitative estimate of drug-likeness (QED) is 0.115. The predicted octanol–water partition coefficient (Wildman–Crippen LogP) is -1.92. The first-order valence-corrected chi connectivity index (χ1v) is 11.5. The molecule has 5 atom stereocenters. The third-order valence-corrected chi connectivity index (χ3v) is 5.31. The molecule has 1 rings (SSSR count). The van der Waals surface area contributed by atoms with Gasteiger partial charge in [0.2, 0.25) is 17.7 Å². The van der Waals surface area contributed by atoms with Crippen molar-refractivity contribution in [3.05, 3.63) is 35.9 Å². The number of nitrogens with one attached hydrogen (secondary N) is 3. The highest BCUT2D eigenvalue weighted by Crippen LogP contribution is 2.08. The highest BCUT2D eigenvalue weighted by molar-refractivity contribution is 5.94. The van der Waals surface area contributed by atoms with Gasteiger partial charge < -0.3 is 42.7 Å². The second-order valence-corrected chi connectivity index (χ2v) is 8.36. The van der Waals surface area contributed by atoms with Crippen LogP contribution >= 0.6 is 0 Å². The maximum Gasteiger partial charge on any atom is 0.326 e. The Labute approximate surface area is 208 Å². The molecule has 0 fully saturated rings. The van der Waals surface area contributed by atoms with Gasteiger partial charge in [-0.25, -0.2) is 4.79 Å². The van der Waals surface area contributed by atoms with Crippen LogP contribution in [0.2, 0.25) is 0 Å². The molecule has 3 amide bonds. The monoisotopic (exact) mass is 509 g/mol. The van der Waals surface area contributed by atoms with E-state index in [0.29, 0.717) is 24.9 Å². The normalized spacial score (nSPS) is 15.0. The van der Waals surface area contributed by atoms with Gasteiger partial charge >= 0.3 is 11.9 Å². The van der Waals surface area contributed by atoms with Crippen molar-refractivity contribution in [2.45, 2.75) is 69.3 Å². The Morgan fingerprint density at radius 1 is 0.861 bits per heavy atom. The fourth-order valence-corrected chi connectivity index (χ4v) is 3.23. The first-order chi connectivity index (χ1) is 17.0. The summed E-state index contributed by atoms with van der Waals surface area (Å²) in [6, 6.07) is 3.16. The number of amides is 3. The topological polar surface area (TPSA) is 234 Å². The van der Waals surface area contributed by atoms with E-state index in [-0.39, 0.29) is 12.8 Å². The molecule has 13 nitrogen and oxygen atoms in total. The van der Waals surface area contributed by atoms with Crippen LogP contribution in [-0.4, -0.2) is 81.8 Å². The minimum Gasteiger partial charge on any atom is -0.481 e. The average Bonchev–Trinajstić information content (AvgIpc) is 2.82. The number of carboxylic acids is 2. The highest BCUT2D eigenvalue weighted by atomic mass is 16.4. The van der Waals surface area contributed by atoms with Crippen LogP contribution in [0.4, 0.5) is 0 Å². The molecule has 0 aliphatic heterocycles. The van der Waals surface area contributed by atoms with Crippen LogP contribution in [0.25, 0.3) is 0 Å². The minimum atomic E-state index is -1.71. The van der Waals surface area contributed by atoms with Gasteiger partial charge in [0.15, 0.2) is 0 Å². The number of aliphatic hydroxyl groups is 1. The summed E-state index contributed by atoms with van der Waals surface area (Å²) in [4.78, 5) is 60.8. The molecule has 10 N–H and O–H groups in total. The fraction of sp³-hybridized carbons (Fsp3) is 0.522. The van der Waals surface area contributed by atoms with Crippen LogP contribution in [0.1, 0.15) is 38.2 Å². The molecule has 0 aliphatic carbocycles. The molecule has 1 aromatic rings. The summed E-state index contributed by atoms with van der Waals surface area (Å²) in [6.07, 6.45) is -0.870. The molecular weight excluding hydrogens is 474 g/mol. The molecular formula is C23H35N5O8. The minimum absolute atomic E-state index is 0.0333. The second kappa shape index (κ2) is 15.4. The Morgan fingerprint density at radius 3 is 1.94 bits per heavy atom. The Kier molecular flexibility index (Phi) is 13.1. The number of benzene rings is 1. The van der Waals surface area contributed by atoms with Gasteiger partial charge in [0.05, 0.1) is 12.5 Å². The maximum atomic E-state index is 13.1. The van der Waals surface area contributed by atoms with Gasteiger partial charge in [0.25, 0.3) is 0 Å². The molecule has 0 radical (unpaired) electrons. The lowest BCUT2D eigenvalue weighted by atomic mass is 10.0. The number of carbonyl (C=O) groups excluding carboxylic acids is 3. The Hall–Kier alpha value is -3.55. The van der Waals surface area contributed by atoms with E-state index < -0.39 is 66.4 Å². The molecule has 0 saturated carbocycles. The second-order valence-electron chi connectivity index (χ2n) is 8.36. The molecule has 0 saturated heterocycles. The maximum absolute atomic E-state index is 13.1. The zero-order valence-electron chi connectivity index (χ0n) is 20.1. The van der Waals surface area contributed by atoms with E-state index in [1.807, 2.05) is 0 Å². The number of aliphatic carboxylic acids is 2. The number of hydrogen-bond donors (Lipinski definition) is 8. The average molecular weight is 510 g/mol. The van der Waals surface area contributed by atoms with Crippen molar-refractivity contribution < 1.29 is 39.3 Å². The highest BCUT2D eigenvalue weighted by Gasteiger charge is 2.31. The van der Waals surface area contributed by atoms with E-state index in [2.05, 4.69) is 16.0 Å². The standard InChI is InChI=1S/C23H35N5O8/c1-13(29)19(25)22(34)26-15(9-5-6-10-24)20(32)27-16(11-14-7-3-2-4-8-14)21(33)28-17(23(35)36)12-18(30)31/h2-4,7-8,13,15-17,19,29H,5-6,9-12,24-25H2,1H3,(H,26,34)(H,27,32)(H,28,33)(H,30,31)(H,35,36). The number of carboxylic acid groups (broad SMARTS) is 2. The summed E-state index contributed by atoms with van der Waals surface area (Å²) < 4.78 is 0. The van der Waals surface area contributed by atoms with Gasteiger partial charge in [0.1, 0.15) is 24.2 Å². The Balaban J connectivity index is 3.13. The molecule has 0 aromatic heterocycles. The largest absolute Gasteiger partial charge is 0.481 e. The third kappa shape index (κ3) is 10.8. The summed E-state index contributed by atoms with van der Waals surface area (Å²) in [5.74, 6) is -5.39. The Morgan fingerprint density at radius 2 is 1.42 bits per heavy atom. The summed E-state index contributed by atoms with van der Waals surface area (Å²) >= 11 is 0. The fourth-order valence-electron chi connectivity index (χ4n) is 3.23. The number of aliphatic hydroxyl groups excluding tert-OH is 1. The van der Waals surface area contributed by atoms with Crippen molar-refractivity contribution >= 4 is 29.7 Å². The van der Waals surface area contributed by atoms with Gasteiger partial charge in [0, 0.05) is 6.42 Å². The van der Waals surface area contributed by atoms with Crippen molar-refractivity contribution in [1.82, 2.24) is 16.0 Å². The zero-order valence-corrected chi connectivity index (χ0v) is 20.1. The van der Waals surface area contributed by atoms with Gasteiger partial charge in [-0.2, -0.15) is 0 Å². The van der Waals surface area contributed by atoms with Gasteiger partial charge in [-0.1, -0.05) is 30.3 Å². The summed E-state index contributed by atoms with van der Waals surface area (Å²) in [5, 5.41) is 34.9. The molecule has 5 unspecified atom stereocenters.